The second-order valence-electron chi connectivity index (χ2n) is 21.3. The number of hydrogen-bond donors (Lipinski definition) is 4. The molecule has 2 saturated heterocycles. The zero-order chi connectivity index (χ0) is 63.2. The van der Waals surface area contributed by atoms with E-state index in [1.165, 1.54) is 30.7 Å². The third kappa shape index (κ3) is 19.1. The Morgan fingerprint density at radius 1 is 0.724 bits per heavy atom. The average molecular weight is 1230 g/mol. The van der Waals surface area contributed by atoms with E-state index in [1.807, 2.05) is 107 Å². The molecule has 25 nitrogen and oxygen atoms in total. The maximum Gasteiger partial charge on any atom is 0.330 e. The number of hydrogen-bond acceptors (Lipinski definition) is 19. The molecule has 10 atom stereocenters. The molecule has 0 saturated carbocycles. The van der Waals surface area contributed by atoms with Crippen molar-refractivity contribution in [1.29, 1.82) is 0 Å². The molecule has 0 aliphatic carbocycles. The second kappa shape index (κ2) is 33.7. The molecule has 3 aromatic carbocycles. The highest BCUT2D eigenvalue weighted by molar-refractivity contribution is 7.44. The van der Waals surface area contributed by atoms with Gasteiger partial charge in [-0.15, -0.1) is 0 Å². The van der Waals surface area contributed by atoms with Crippen molar-refractivity contribution in [3.63, 3.8) is 0 Å². The first-order valence-electron chi connectivity index (χ1n) is 28.9. The van der Waals surface area contributed by atoms with Gasteiger partial charge in [-0.3, -0.25) is 33.5 Å². The van der Waals surface area contributed by atoms with Gasteiger partial charge in [0.2, 0.25) is 12.5 Å². The topological polar surface area (TPSA) is 285 Å². The summed E-state index contributed by atoms with van der Waals surface area (Å²) >= 11 is 0. The number of aromatic nitrogens is 2. The number of esters is 3. The Morgan fingerprint density at radius 2 is 1.31 bits per heavy atom. The molecule has 2 unspecified atom stereocenters. The first kappa shape index (κ1) is 68.8. The number of H-pyrrole nitrogens is 1. The Hall–Kier alpha value is -7.27. The lowest BCUT2D eigenvalue weighted by Gasteiger charge is -2.44. The van der Waals surface area contributed by atoms with Gasteiger partial charge in [-0.1, -0.05) is 54.6 Å². The van der Waals surface area contributed by atoms with Crippen molar-refractivity contribution in [1.82, 2.24) is 30.2 Å². The van der Waals surface area contributed by atoms with E-state index in [0.717, 1.165) is 30.5 Å². The van der Waals surface area contributed by atoms with Crippen LogP contribution in [0.15, 0.2) is 101 Å². The molecule has 6 rings (SSSR count). The normalized spacial score (nSPS) is 21.4. The Bertz CT molecular complexity index is 2960. The van der Waals surface area contributed by atoms with Crippen LogP contribution in [0.4, 0.5) is 4.79 Å². The highest BCUT2D eigenvalue weighted by Gasteiger charge is 2.53. The van der Waals surface area contributed by atoms with Gasteiger partial charge in [-0.2, -0.15) is 0 Å². The summed E-state index contributed by atoms with van der Waals surface area (Å²) in [4.78, 5) is 94.3. The molecule has 3 heterocycles. The van der Waals surface area contributed by atoms with Gasteiger partial charge < -0.3 is 72.5 Å². The SMILES string of the molecule is [C-]#[N+]CCOP(OC1[C@@H](COC(c2ccccc2)(c2ccc(OC)cc2)c2ccc(OC)cc2)O[C@@H](n2ccc(=O)[nH]c2=O)[C@H]1CCCNC(=O)NCCCCO[C@@H]1O[C@H](COC(C)=O)[C@H](OC(C)=O)[C@H](OC(C)=O)[C@H]1NC(C)=O)N(C(C)C)C(C)C. The van der Waals surface area contributed by atoms with E-state index >= 15 is 0 Å². The minimum Gasteiger partial charge on any atom is -0.497 e. The molecular weight excluding hydrogens is 1150 g/mol. The lowest BCUT2D eigenvalue weighted by Crippen LogP contribution is -2.66. The summed E-state index contributed by atoms with van der Waals surface area (Å²) in [6.07, 6.45) is -4.85. The molecule has 2 aliphatic rings. The summed E-state index contributed by atoms with van der Waals surface area (Å²) in [7, 11) is 1.28. The van der Waals surface area contributed by atoms with Crippen molar-refractivity contribution in [2.45, 2.75) is 148 Å². The molecule has 0 spiro atoms. The van der Waals surface area contributed by atoms with Gasteiger partial charge in [0.1, 0.15) is 60.9 Å². The largest absolute Gasteiger partial charge is 0.497 e. The molecule has 3 amide bonds. The summed E-state index contributed by atoms with van der Waals surface area (Å²) in [5.41, 5.74) is -0.278. The molecule has 2 fully saturated rings. The third-order valence-corrected chi connectivity index (χ3v) is 16.4. The fraction of sp³-hybridized carbons (Fsp3) is 0.541. The van der Waals surface area contributed by atoms with Crippen LogP contribution in [0.5, 0.6) is 11.5 Å². The van der Waals surface area contributed by atoms with Gasteiger partial charge in [0.15, 0.2) is 18.5 Å². The molecular formula is C61H82N7O18P. The predicted molar refractivity (Wildman–Crippen MR) is 318 cm³/mol. The molecule has 2 aliphatic heterocycles. The van der Waals surface area contributed by atoms with Crippen LogP contribution in [0.2, 0.25) is 0 Å². The van der Waals surface area contributed by atoms with E-state index < -0.39 is 110 Å². The van der Waals surface area contributed by atoms with E-state index in [9.17, 15) is 33.6 Å². The first-order valence-corrected chi connectivity index (χ1v) is 30.0. The van der Waals surface area contributed by atoms with E-state index in [-0.39, 0.29) is 58.1 Å². The number of ether oxygens (including phenoxy) is 9. The molecule has 474 valence electrons. The van der Waals surface area contributed by atoms with Crippen molar-refractivity contribution in [3.8, 4) is 11.5 Å². The highest BCUT2D eigenvalue weighted by Crippen LogP contribution is 2.53. The quantitative estimate of drug-likeness (QED) is 0.0105. The number of nitrogens with zero attached hydrogens (tertiary/aromatic N) is 3. The minimum absolute atomic E-state index is 0.0444. The van der Waals surface area contributed by atoms with Gasteiger partial charge in [0.25, 0.3) is 14.1 Å². The monoisotopic (exact) mass is 1230 g/mol. The molecule has 4 N–H and O–H groups in total. The average Bonchev–Trinajstić information content (AvgIpc) is 1.85. The Labute approximate surface area is 508 Å². The zero-order valence-electron chi connectivity index (χ0n) is 50.9. The van der Waals surface area contributed by atoms with Gasteiger partial charge in [0.05, 0.1) is 20.8 Å². The Morgan fingerprint density at radius 3 is 1.86 bits per heavy atom. The van der Waals surface area contributed by atoms with Crippen LogP contribution in [0.25, 0.3) is 4.85 Å². The zero-order valence-corrected chi connectivity index (χ0v) is 51.8. The first-order chi connectivity index (χ1) is 41.7. The summed E-state index contributed by atoms with van der Waals surface area (Å²) in [5.74, 6) is -1.99. The second-order valence-corrected chi connectivity index (χ2v) is 22.7. The maximum atomic E-state index is 13.9. The fourth-order valence-corrected chi connectivity index (χ4v) is 12.4. The van der Waals surface area contributed by atoms with Crippen molar-refractivity contribution in [2.24, 2.45) is 5.92 Å². The minimum atomic E-state index is -1.91. The lowest BCUT2D eigenvalue weighted by molar-refractivity contribution is -0.277. The molecule has 4 aromatic rings. The van der Waals surface area contributed by atoms with Crippen molar-refractivity contribution < 1.29 is 75.7 Å². The molecule has 87 heavy (non-hydrogen) atoms. The third-order valence-electron chi connectivity index (χ3n) is 14.3. The maximum absolute atomic E-state index is 13.9. The number of aromatic amines is 1. The highest BCUT2D eigenvalue weighted by atomic mass is 31.2. The van der Waals surface area contributed by atoms with Crippen LogP contribution in [0.3, 0.4) is 0 Å². The Balaban J connectivity index is 1.23. The van der Waals surface area contributed by atoms with Crippen LogP contribution in [0.1, 0.15) is 104 Å². The smallest absolute Gasteiger partial charge is 0.330 e. The molecule has 0 bridgehead atoms. The number of benzene rings is 3. The van der Waals surface area contributed by atoms with E-state index in [1.54, 1.807) is 14.2 Å². The van der Waals surface area contributed by atoms with Crippen LogP contribution >= 0.6 is 8.53 Å². The standard InChI is InChI=1S/C61H82N7O18P/c1-38(2)68(39(3)4)87(81-35-32-62-9)86-54-49(20-17-31-64-59(74)63-30-15-16-34-78-58-53(65-40(5)69)56(83-43(8)72)55(82-42(7)71)50(85-58)36-79-41(6)70)57(67-33-29-52(73)66-60(67)75)84-51(54)37-80-61(44-18-13-12-14-19-44,45-21-25-47(76-10)26-22-45)46-23-27-48(77-11)28-24-46/h12-14,18-19,21-29,33,38-39,49-51,53-58H,15-17,20,30-32,34-37H2,1-8,10-11H3,(H,65,69)(H2,63,64,74)(H,66,73,75)/t49-,50+,51+,53+,54?,55-,56+,57+,58+,87?/m0/s1. The van der Waals surface area contributed by atoms with E-state index in [4.69, 9.17) is 58.3 Å². The molecule has 0 radical (unpaired) electrons. The van der Waals surface area contributed by atoms with Gasteiger partial charge in [-0.25, -0.2) is 20.8 Å². The van der Waals surface area contributed by atoms with Crippen molar-refractivity contribution in [3.05, 3.63) is 140 Å². The van der Waals surface area contributed by atoms with E-state index in [0.29, 0.717) is 37.2 Å². The Kier molecular flexibility index (Phi) is 26.7. The number of rotatable bonds is 32. The van der Waals surface area contributed by atoms with Crippen LogP contribution in [-0.2, 0) is 67.0 Å². The number of urea groups is 1. The number of unbranched alkanes of at least 4 members (excludes halogenated alkanes) is 1. The number of methoxy groups -OCH3 is 2. The lowest BCUT2D eigenvalue weighted by atomic mass is 9.80. The number of amides is 3. The van der Waals surface area contributed by atoms with Crippen LogP contribution in [0, 0.1) is 12.5 Å². The number of carbonyl (C=O) groups is 5. The van der Waals surface area contributed by atoms with Gasteiger partial charge >= 0.3 is 29.6 Å². The summed E-state index contributed by atoms with van der Waals surface area (Å²) in [6.45, 7) is 20.5. The number of carbonyl (C=O) groups excluding carboxylic acids is 5. The van der Waals surface area contributed by atoms with Crippen molar-refractivity contribution >= 4 is 38.4 Å². The van der Waals surface area contributed by atoms with Gasteiger partial charge in [0, 0.05) is 77.7 Å². The molecule has 26 heteroatoms. The summed E-state index contributed by atoms with van der Waals surface area (Å²) < 4.78 is 71.2. The van der Waals surface area contributed by atoms with E-state index in [2.05, 4.69) is 30.4 Å². The van der Waals surface area contributed by atoms with Gasteiger partial charge in [-0.05, 0) is 94.3 Å². The fourth-order valence-electron chi connectivity index (χ4n) is 10.6. The molecule has 1 aromatic heterocycles. The summed E-state index contributed by atoms with van der Waals surface area (Å²) in [6, 6.07) is 24.4. The van der Waals surface area contributed by atoms with Crippen LogP contribution in [-0.4, -0.2) is 159 Å². The summed E-state index contributed by atoms with van der Waals surface area (Å²) in [5, 5.41) is 8.45. The number of nitrogens with one attached hydrogen (secondary N) is 4. The predicted octanol–water partition coefficient (Wildman–Crippen LogP) is 6.28. The van der Waals surface area contributed by atoms with Crippen LogP contribution < -0.4 is 36.7 Å². The van der Waals surface area contributed by atoms with Crippen molar-refractivity contribution in [2.75, 3.05) is 60.3 Å².